The number of aryl methyl sites for hydroxylation is 1. The lowest BCUT2D eigenvalue weighted by Gasteiger charge is -2.07. The smallest absolute Gasteiger partial charge is 0.337 e. The van der Waals surface area contributed by atoms with E-state index < -0.39 is 11.9 Å². The van der Waals surface area contributed by atoms with E-state index in [0.717, 1.165) is 5.56 Å². The fraction of sp³-hybridized carbons (Fsp3) is 0.150. The van der Waals surface area contributed by atoms with Crippen molar-refractivity contribution >= 4 is 29.2 Å². The summed E-state index contributed by atoms with van der Waals surface area (Å²) in [5.74, 6) is -1.24. The zero-order valence-corrected chi connectivity index (χ0v) is 14.8. The number of amides is 2. The van der Waals surface area contributed by atoms with Crippen LogP contribution in [-0.4, -0.2) is 24.9 Å². The molecule has 0 unspecified atom stereocenters. The third-order valence-electron chi connectivity index (χ3n) is 3.56. The third-order valence-corrected chi connectivity index (χ3v) is 3.56. The summed E-state index contributed by atoms with van der Waals surface area (Å²) in [4.78, 5) is 35.6. The second kappa shape index (κ2) is 8.62. The average molecular weight is 352 g/mol. The number of hydrogen-bond donors (Lipinski definition) is 2. The highest BCUT2D eigenvalue weighted by Gasteiger charge is 2.09. The second-order valence-electron chi connectivity index (χ2n) is 5.71. The van der Waals surface area contributed by atoms with Gasteiger partial charge in [-0.2, -0.15) is 0 Å². The zero-order valence-electron chi connectivity index (χ0n) is 14.8. The minimum absolute atomic E-state index is 0.257. The normalized spacial score (nSPS) is 10.8. The predicted octanol–water partition coefficient (Wildman–Crippen LogP) is 3.31. The van der Waals surface area contributed by atoms with Gasteiger partial charge in [0.1, 0.15) is 0 Å². The van der Waals surface area contributed by atoms with Crippen LogP contribution in [-0.2, 0) is 14.3 Å². The Bertz CT molecular complexity index is 854. The highest BCUT2D eigenvalue weighted by atomic mass is 16.5. The van der Waals surface area contributed by atoms with Crippen molar-refractivity contribution in [3.8, 4) is 0 Å². The minimum atomic E-state index is -0.452. The summed E-state index contributed by atoms with van der Waals surface area (Å²) in [7, 11) is 1.30. The third kappa shape index (κ3) is 5.31. The summed E-state index contributed by atoms with van der Waals surface area (Å²) >= 11 is 0. The highest BCUT2D eigenvalue weighted by Crippen LogP contribution is 2.12. The van der Waals surface area contributed by atoms with E-state index in [2.05, 4.69) is 15.4 Å². The Labute approximate surface area is 151 Å². The molecule has 26 heavy (non-hydrogen) atoms. The molecule has 0 saturated carbocycles. The molecule has 2 aromatic rings. The van der Waals surface area contributed by atoms with Crippen molar-refractivity contribution in [1.29, 1.82) is 0 Å². The van der Waals surface area contributed by atoms with Gasteiger partial charge < -0.3 is 15.4 Å². The maximum absolute atomic E-state index is 12.2. The summed E-state index contributed by atoms with van der Waals surface area (Å²) in [5, 5.41) is 5.38. The van der Waals surface area contributed by atoms with Crippen LogP contribution in [0.5, 0.6) is 0 Å². The SMILES string of the molecule is COC(=O)c1ccc(NC(=O)/C(C)=C/C(=O)Nc2cccc(C)c2)cc1. The van der Waals surface area contributed by atoms with Crippen molar-refractivity contribution < 1.29 is 19.1 Å². The van der Waals surface area contributed by atoms with E-state index in [-0.39, 0.29) is 11.5 Å². The first-order valence-electron chi connectivity index (χ1n) is 7.94. The van der Waals surface area contributed by atoms with Crippen molar-refractivity contribution in [2.24, 2.45) is 0 Å². The van der Waals surface area contributed by atoms with Gasteiger partial charge >= 0.3 is 5.97 Å². The molecule has 6 nitrogen and oxygen atoms in total. The van der Waals surface area contributed by atoms with E-state index in [1.807, 2.05) is 25.1 Å². The van der Waals surface area contributed by atoms with E-state index in [4.69, 9.17) is 0 Å². The highest BCUT2D eigenvalue weighted by molar-refractivity contribution is 6.10. The molecular formula is C20H20N2O4. The van der Waals surface area contributed by atoms with Crippen molar-refractivity contribution in [2.75, 3.05) is 17.7 Å². The Morgan fingerprint density at radius 2 is 1.65 bits per heavy atom. The number of carbonyl (C=O) groups excluding carboxylic acids is 3. The molecule has 0 aliphatic carbocycles. The first-order chi connectivity index (χ1) is 12.4. The van der Waals surface area contributed by atoms with Gasteiger partial charge in [0.2, 0.25) is 5.91 Å². The molecular weight excluding hydrogens is 332 g/mol. The number of carbonyl (C=O) groups is 3. The molecule has 134 valence electrons. The Kier molecular flexibility index (Phi) is 6.27. The van der Waals surface area contributed by atoms with Crippen LogP contribution in [0.1, 0.15) is 22.8 Å². The molecule has 6 heteroatoms. The molecule has 0 saturated heterocycles. The average Bonchev–Trinajstić information content (AvgIpc) is 2.61. The summed E-state index contributed by atoms with van der Waals surface area (Å²) in [6.07, 6.45) is 1.24. The molecule has 0 heterocycles. The van der Waals surface area contributed by atoms with Gasteiger partial charge in [-0.05, 0) is 55.8 Å². The largest absolute Gasteiger partial charge is 0.465 e. The van der Waals surface area contributed by atoms with Gasteiger partial charge in [-0.3, -0.25) is 9.59 Å². The summed E-state index contributed by atoms with van der Waals surface area (Å²) in [5.41, 5.74) is 2.84. The Morgan fingerprint density at radius 3 is 2.27 bits per heavy atom. The van der Waals surface area contributed by atoms with Gasteiger partial charge in [0.25, 0.3) is 5.91 Å². The van der Waals surface area contributed by atoms with Crippen LogP contribution in [0.25, 0.3) is 0 Å². The molecule has 0 aliphatic rings. The van der Waals surface area contributed by atoms with E-state index in [1.165, 1.54) is 13.2 Å². The van der Waals surface area contributed by atoms with Crippen LogP contribution in [0.15, 0.2) is 60.2 Å². The van der Waals surface area contributed by atoms with E-state index >= 15 is 0 Å². The fourth-order valence-corrected chi connectivity index (χ4v) is 2.20. The standard InChI is InChI=1S/C20H20N2O4/c1-13-5-4-6-17(11-13)21-18(23)12-14(2)19(24)22-16-9-7-15(8-10-16)20(25)26-3/h4-12H,1-3H3,(H,21,23)(H,22,24)/b14-12+. The molecule has 2 N–H and O–H groups in total. The van der Waals surface area contributed by atoms with Gasteiger partial charge in [-0.1, -0.05) is 12.1 Å². The Morgan fingerprint density at radius 1 is 0.962 bits per heavy atom. The van der Waals surface area contributed by atoms with E-state index in [0.29, 0.717) is 16.9 Å². The minimum Gasteiger partial charge on any atom is -0.465 e. The number of ether oxygens (including phenoxy) is 1. The van der Waals surface area contributed by atoms with Crippen molar-refractivity contribution in [3.63, 3.8) is 0 Å². The van der Waals surface area contributed by atoms with Crippen LogP contribution in [0, 0.1) is 6.92 Å². The first-order valence-corrected chi connectivity index (χ1v) is 7.94. The van der Waals surface area contributed by atoms with Crippen LogP contribution < -0.4 is 10.6 Å². The van der Waals surface area contributed by atoms with Crippen molar-refractivity contribution in [3.05, 3.63) is 71.3 Å². The predicted molar refractivity (Wildman–Crippen MR) is 100.0 cm³/mol. The number of rotatable bonds is 5. The maximum Gasteiger partial charge on any atom is 0.337 e. The summed E-state index contributed by atoms with van der Waals surface area (Å²) < 4.78 is 4.62. The molecule has 2 amide bonds. The molecule has 0 atom stereocenters. The topological polar surface area (TPSA) is 84.5 Å². The molecule has 0 bridgehead atoms. The number of anilines is 2. The van der Waals surface area contributed by atoms with Crippen LogP contribution in [0.4, 0.5) is 11.4 Å². The first kappa shape index (κ1) is 18.9. The van der Waals surface area contributed by atoms with Gasteiger partial charge in [-0.25, -0.2) is 4.79 Å². The van der Waals surface area contributed by atoms with Gasteiger partial charge in [0.05, 0.1) is 12.7 Å². The zero-order chi connectivity index (χ0) is 19.1. The van der Waals surface area contributed by atoms with Crippen molar-refractivity contribution in [2.45, 2.75) is 13.8 Å². The van der Waals surface area contributed by atoms with E-state index in [1.54, 1.807) is 37.3 Å². The molecule has 2 aromatic carbocycles. The lowest BCUT2D eigenvalue weighted by atomic mass is 10.2. The van der Waals surface area contributed by atoms with Gasteiger partial charge in [-0.15, -0.1) is 0 Å². The fourth-order valence-electron chi connectivity index (χ4n) is 2.20. The molecule has 0 aliphatic heterocycles. The molecule has 0 spiro atoms. The van der Waals surface area contributed by atoms with Gasteiger partial charge in [0, 0.05) is 23.0 Å². The number of hydrogen-bond acceptors (Lipinski definition) is 4. The molecule has 0 fully saturated rings. The molecule has 0 radical (unpaired) electrons. The van der Waals surface area contributed by atoms with Crippen molar-refractivity contribution in [1.82, 2.24) is 0 Å². The number of esters is 1. The Balaban J connectivity index is 1.98. The van der Waals surface area contributed by atoms with E-state index in [9.17, 15) is 14.4 Å². The van der Waals surface area contributed by atoms with Crippen LogP contribution >= 0.6 is 0 Å². The van der Waals surface area contributed by atoms with Crippen LogP contribution in [0.3, 0.4) is 0 Å². The van der Waals surface area contributed by atoms with Crippen LogP contribution in [0.2, 0.25) is 0 Å². The number of methoxy groups -OCH3 is 1. The summed E-state index contributed by atoms with van der Waals surface area (Å²) in [6.45, 7) is 3.48. The Hall–Kier alpha value is -3.41. The van der Waals surface area contributed by atoms with Gasteiger partial charge in [0.15, 0.2) is 0 Å². The lowest BCUT2D eigenvalue weighted by molar-refractivity contribution is -0.114. The molecule has 2 rings (SSSR count). The second-order valence-corrected chi connectivity index (χ2v) is 5.71. The maximum atomic E-state index is 12.2. The lowest BCUT2D eigenvalue weighted by Crippen LogP contribution is -2.16. The quantitative estimate of drug-likeness (QED) is 0.639. The monoisotopic (exact) mass is 352 g/mol. The number of nitrogens with one attached hydrogen (secondary N) is 2. The summed E-state index contributed by atoms with van der Waals surface area (Å²) in [6, 6.07) is 13.6. The number of benzene rings is 2. The molecule has 0 aromatic heterocycles.